The van der Waals surface area contributed by atoms with Gasteiger partial charge in [-0.3, -0.25) is 4.72 Å². The van der Waals surface area contributed by atoms with Gasteiger partial charge in [0.05, 0.1) is 16.8 Å². The Labute approximate surface area is 230 Å². The first kappa shape index (κ1) is 31.6. The summed E-state index contributed by atoms with van der Waals surface area (Å²) in [6, 6.07) is 12.8. The van der Waals surface area contributed by atoms with E-state index in [2.05, 4.69) is 46.6 Å². The lowest BCUT2D eigenvalue weighted by molar-refractivity contribution is 0.0699. The highest BCUT2D eigenvalue weighted by Crippen LogP contribution is 2.28. The number of carbonyl (C=O) groups is 1. The number of piperazine rings is 1. The molecule has 198 valence electrons. The van der Waals surface area contributed by atoms with E-state index in [0.29, 0.717) is 22.4 Å². The number of anilines is 3. The lowest BCUT2D eigenvalue weighted by Gasteiger charge is -2.37. The number of halogens is 3. The molecule has 1 fully saturated rings. The standard InChI is InChI=1S/C24H28N4O4S.3ClH/c1-4-33(31,32)26-18-7-8-21-19(14-18)20(24(29)30)15-23(25-21)28-11-9-27(10-12-28)22-13-16(2)5-6-17(22)3;;;/h5-8,13-15,26H,4,9-12H2,1-3H3,(H,29,30);3*1H. The van der Waals surface area contributed by atoms with E-state index in [1.54, 1.807) is 25.1 Å². The third-order valence-electron chi connectivity index (χ3n) is 5.99. The maximum atomic E-state index is 12.0. The van der Waals surface area contributed by atoms with Gasteiger partial charge in [0.1, 0.15) is 5.82 Å². The SMILES string of the molecule is CCS(=O)(=O)Nc1ccc2nc(N3CCN(c4cc(C)ccc4C)CC3)cc(C(=O)O)c2c1.Cl.Cl.Cl. The van der Waals surface area contributed by atoms with Gasteiger partial charge in [-0.25, -0.2) is 18.2 Å². The van der Waals surface area contributed by atoms with E-state index in [1.807, 2.05) is 0 Å². The third kappa shape index (κ3) is 6.85. The Balaban J connectivity index is 0.00000216. The van der Waals surface area contributed by atoms with Gasteiger partial charge in [-0.2, -0.15) is 0 Å². The number of nitrogens with zero attached hydrogens (tertiary/aromatic N) is 3. The van der Waals surface area contributed by atoms with Crippen LogP contribution in [0.2, 0.25) is 0 Å². The molecular formula is C24H31Cl3N4O4S. The molecule has 1 aliphatic rings. The second kappa shape index (κ2) is 12.7. The van der Waals surface area contributed by atoms with Gasteiger partial charge in [-0.05, 0) is 62.2 Å². The van der Waals surface area contributed by atoms with Crippen LogP contribution in [0.5, 0.6) is 0 Å². The molecule has 12 heteroatoms. The molecule has 8 nitrogen and oxygen atoms in total. The summed E-state index contributed by atoms with van der Waals surface area (Å²) >= 11 is 0. The van der Waals surface area contributed by atoms with E-state index >= 15 is 0 Å². The molecule has 0 radical (unpaired) electrons. The highest BCUT2D eigenvalue weighted by molar-refractivity contribution is 7.92. The molecule has 1 aliphatic heterocycles. The fraction of sp³-hybridized carbons (Fsp3) is 0.333. The Morgan fingerprint density at radius 1 is 0.972 bits per heavy atom. The summed E-state index contributed by atoms with van der Waals surface area (Å²) in [5.74, 6) is -0.530. The number of aryl methyl sites for hydroxylation is 2. The molecule has 1 saturated heterocycles. The summed E-state index contributed by atoms with van der Waals surface area (Å²) in [6.45, 7) is 8.80. The Morgan fingerprint density at radius 3 is 2.22 bits per heavy atom. The predicted molar refractivity (Wildman–Crippen MR) is 154 cm³/mol. The third-order valence-corrected chi connectivity index (χ3v) is 7.29. The van der Waals surface area contributed by atoms with Crippen molar-refractivity contribution in [2.75, 3.05) is 46.5 Å². The Morgan fingerprint density at radius 2 is 1.61 bits per heavy atom. The number of nitrogens with one attached hydrogen (secondary N) is 1. The van der Waals surface area contributed by atoms with Crippen molar-refractivity contribution in [3.63, 3.8) is 0 Å². The number of fused-ring (bicyclic) bond motifs is 1. The molecule has 2 heterocycles. The van der Waals surface area contributed by atoms with Crippen LogP contribution in [0.1, 0.15) is 28.4 Å². The second-order valence-corrected chi connectivity index (χ2v) is 10.3. The number of carboxylic acid groups (broad SMARTS) is 1. The van der Waals surface area contributed by atoms with Gasteiger partial charge >= 0.3 is 5.97 Å². The molecule has 0 atom stereocenters. The Kier molecular flexibility index (Phi) is 11.1. The van der Waals surface area contributed by atoms with Crippen molar-refractivity contribution >= 4 is 81.3 Å². The van der Waals surface area contributed by atoms with E-state index in [9.17, 15) is 18.3 Å². The van der Waals surface area contributed by atoms with Crippen LogP contribution >= 0.6 is 37.2 Å². The van der Waals surface area contributed by atoms with Crippen molar-refractivity contribution in [2.24, 2.45) is 0 Å². The molecule has 0 unspecified atom stereocenters. The van der Waals surface area contributed by atoms with Crippen molar-refractivity contribution < 1.29 is 18.3 Å². The van der Waals surface area contributed by atoms with Crippen LogP contribution in [-0.4, -0.2) is 56.4 Å². The van der Waals surface area contributed by atoms with E-state index in [0.717, 1.165) is 26.2 Å². The molecule has 0 spiro atoms. The Hall–Kier alpha value is -2.46. The number of pyridine rings is 1. The molecule has 4 rings (SSSR count). The first-order valence-electron chi connectivity index (χ1n) is 10.9. The van der Waals surface area contributed by atoms with Crippen LogP contribution < -0.4 is 14.5 Å². The Bertz CT molecular complexity index is 1330. The highest BCUT2D eigenvalue weighted by atomic mass is 35.5. The maximum Gasteiger partial charge on any atom is 0.336 e. The zero-order chi connectivity index (χ0) is 23.8. The number of benzene rings is 2. The van der Waals surface area contributed by atoms with E-state index in [4.69, 9.17) is 4.98 Å². The highest BCUT2D eigenvalue weighted by Gasteiger charge is 2.22. The zero-order valence-corrected chi connectivity index (χ0v) is 23.5. The minimum absolute atomic E-state index is 0. The number of carboxylic acids is 1. The van der Waals surface area contributed by atoms with Crippen molar-refractivity contribution in [2.45, 2.75) is 20.8 Å². The summed E-state index contributed by atoms with van der Waals surface area (Å²) < 4.78 is 26.3. The molecule has 0 saturated carbocycles. The van der Waals surface area contributed by atoms with Gasteiger partial charge in [-0.15, -0.1) is 37.2 Å². The predicted octanol–water partition coefficient (Wildman–Crippen LogP) is 4.90. The lowest BCUT2D eigenvalue weighted by atomic mass is 10.1. The molecule has 2 aromatic carbocycles. The smallest absolute Gasteiger partial charge is 0.336 e. The molecule has 3 aromatic rings. The van der Waals surface area contributed by atoms with Crippen molar-refractivity contribution in [1.29, 1.82) is 0 Å². The van der Waals surface area contributed by atoms with E-state index in [1.165, 1.54) is 22.9 Å². The number of hydrogen-bond donors (Lipinski definition) is 2. The second-order valence-electron chi connectivity index (χ2n) is 8.33. The van der Waals surface area contributed by atoms with Gasteiger partial charge in [0.25, 0.3) is 0 Å². The first-order valence-corrected chi connectivity index (χ1v) is 12.6. The number of aromatic nitrogens is 1. The van der Waals surface area contributed by atoms with Crippen molar-refractivity contribution in [3.8, 4) is 0 Å². The van der Waals surface area contributed by atoms with Crippen molar-refractivity contribution in [1.82, 2.24) is 4.98 Å². The van der Waals surface area contributed by atoms with Crippen LogP contribution in [0.25, 0.3) is 10.9 Å². The number of rotatable bonds is 6. The molecule has 36 heavy (non-hydrogen) atoms. The van der Waals surface area contributed by atoms with Gasteiger partial charge in [-0.1, -0.05) is 12.1 Å². The van der Waals surface area contributed by atoms with E-state index < -0.39 is 16.0 Å². The lowest BCUT2D eigenvalue weighted by Crippen LogP contribution is -2.47. The number of hydrogen-bond acceptors (Lipinski definition) is 6. The quantitative estimate of drug-likeness (QED) is 0.429. The van der Waals surface area contributed by atoms with Crippen LogP contribution in [0, 0.1) is 13.8 Å². The maximum absolute atomic E-state index is 12.0. The average molecular weight is 578 g/mol. The fourth-order valence-corrected chi connectivity index (χ4v) is 4.73. The van der Waals surface area contributed by atoms with Gasteiger partial charge in [0, 0.05) is 42.9 Å². The molecule has 0 amide bonds. The van der Waals surface area contributed by atoms with Crippen LogP contribution in [0.15, 0.2) is 42.5 Å². The first-order chi connectivity index (χ1) is 15.7. The van der Waals surface area contributed by atoms with Crippen molar-refractivity contribution in [3.05, 3.63) is 59.2 Å². The normalized spacial score (nSPS) is 13.3. The van der Waals surface area contributed by atoms with Gasteiger partial charge in [0.15, 0.2) is 0 Å². The zero-order valence-electron chi connectivity index (χ0n) is 20.2. The molecular weight excluding hydrogens is 547 g/mol. The summed E-state index contributed by atoms with van der Waals surface area (Å²) in [5, 5.41) is 10.2. The molecule has 0 aliphatic carbocycles. The summed E-state index contributed by atoms with van der Waals surface area (Å²) in [6.07, 6.45) is 0. The molecule has 1 aromatic heterocycles. The summed E-state index contributed by atoms with van der Waals surface area (Å²) in [5.41, 5.74) is 4.63. The van der Waals surface area contributed by atoms with Gasteiger partial charge in [0.2, 0.25) is 10.0 Å². The van der Waals surface area contributed by atoms with Crippen LogP contribution in [0.3, 0.4) is 0 Å². The van der Waals surface area contributed by atoms with E-state index in [-0.39, 0.29) is 48.5 Å². The molecule has 0 bridgehead atoms. The topological polar surface area (TPSA) is 103 Å². The summed E-state index contributed by atoms with van der Waals surface area (Å²) in [7, 11) is -3.46. The number of sulfonamides is 1. The van der Waals surface area contributed by atoms with Crippen LogP contribution in [0.4, 0.5) is 17.2 Å². The monoisotopic (exact) mass is 576 g/mol. The van der Waals surface area contributed by atoms with Gasteiger partial charge < -0.3 is 14.9 Å². The fourth-order valence-electron chi connectivity index (χ4n) is 4.10. The summed E-state index contributed by atoms with van der Waals surface area (Å²) in [4.78, 5) is 21.2. The number of aromatic carboxylic acids is 1. The molecule has 2 N–H and O–H groups in total. The largest absolute Gasteiger partial charge is 0.478 e. The van der Waals surface area contributed by atoms with Crippen LogP contribution in [-0.2, 0) is 10.0 Å². The average Bonchev–Trinajstić information content (AvgIpc) is 2.79. The minimum atomic E-state index is -3.46. The minimum Gasteiger partial charge on any atom is -0.478 e.